The number of rotatable bonds is 9. The van der Waals surface area contributed by atoms with Crippen molar-refractivity contribution in [3.8, 4) is 22.9 Å². The minimum absolute atomic E-state index is 0.106. The highest BCUT2D eigenvalue weighted by Gasteiger charge is 2.18. The normalized spacial score (nSPS) is 13.1. The maximum atomic E-state index is 12.0. The number of fused-ring (bicyclic) bond motifs is 1. The van der Waals surface area contributed by atoms with E-state index < -0.39 is 10.0 Å². The van der Waals surface area contributed by atoms with Gasteiger partial charge in [0.25, 0.3) is 0 Å². The molecule has 4 rings (SSSR count). The van der Waals surface area contributed by atoms with Crippen LogP contribution in [0.15, 0.2) is 53.7 Å². The monoisotopic (exact) mass is 460 g/mol. The first kappa shape index (κ1) is 21.7. The molecule has 0 unspecified atom stereocenters. The topological polar surface area (TPSA) is 86.6 Å². The van der Waals surface area contributed by atoms with Gasteiger partial charge in [0.15, 0.2) is 22.5 Å². The molecular formula is C21H24N4O4S2. The van der Waals surface area contributed by atoms with Gasteiger partial charge < -0.3 is 9.47 Å². The van der Waals surface area contributed by atoms with Gasteiger partial charge in [-0.05, 0) is 24.1 Å². The number of benzene rings is 2. The zero-order chi connectivity index (χ0) is 21.8. The maximum absolute atomic E-state index is 12.0. The summed E-state index contributed by atoms with van der Waals surface area (Å²) in [5, 5.41) is 9.56. The molecule has 1 aliphatic heterocycles. The Morgan fingerprint density at radius 1 is 1.06 bits per heavy atom. The van der Waals surface area contributed by atoms with Crippen LogP contribution in [-0.4, -0.2) is 59.9 Å². The molecule has 0 spiro atoms. The number of hydrogen-bond acceptors (Lipinski definition) is 7. The van der Waals surface area contributed by atoms with Crippen LogP contribution in [0.4, 0.5) is 0 Å². The lowest BCUT2D eigenvalue weighted by Crippen LogP contribution is -2.25. The van der Waals surface area contributed by atoms with E-state index >= 15 is 0 Å². The molecule has 0 bridgehead atoms. The van der Waals surface area contributed by atoms with E-state index in [1.807, 2.05) is 48.5 Å². The molecule has 2 aromatic carbocycles. The van der Waals surface area contributed by atoms with Crippen molar-refractivity contribution in [3.63, 3.8) is 0 Å². The van der Waals surface area contributed by atoms with Gasteiger partial charge in [-0.1, -0.05) is 48.2 Å². The molecule has 1 aromatic heterocycles. The summed E-state index contributed by atoms with van der Waals surface area (Å²) in [6.45, 7) is 0.795. The zero-order valence-corrected chi connectivity index (χ0v) is 19.0. The lowest BCUT2D eigenvalue weighted by Gasteiger charge is -2.12. The van der Waals surface area contributed by atoms with Crippen molar-refractivity contribution < 1.29 is 17.9 Å². The molecule has 2 heterocycles. The van der Waals surface area contributed by atoms with E-state index in [2.05, 4.69) is 14.8 Å². The van der Waals surface area contributed by atoms with E-state index in [0.717, 1.165) is 33.6 Å². The minimum Gasteiger partial charge on any atom is -0.454 e. The number of aromatic nitrogens is 3. The van der Waals surface area contributed by atoms with Gasteiger partial charge in [-0.2, -0.15) is 0 Å². The predicted molar refractivity (Wildman–Crippen MR) is 120 cm³/mol. The summed E-state index contributed by atoms with van der Waals surface area (Å²) in [7, 11) is -0.0991. The Labute approximate surface area is 186 Å². The number of ether oxygens (including phenoxy) is 2. The van der Waals surface area contributed by atoms with Crippen LogP contribution in [0.1, 0.15) is 12.0 Å². The predicted octanol–water partition coefficient (Wildman–Crippen LogP) is 3.10. The zero-order valence-electron chi connectivity index (χ0n) is 17.4. The first-order valence-electron chi connectivity index (χ1n) is 9.84. The second-order valence-corrected chi connectivity index (χ2v) is 10.6. The smallest absolute Gasteiger partial charge is 0.231 e. The molecule has 3 aromatic rings. The molecule has 0 saturated carbocycles. The van der Waals surface area contributed by atoms with Gasteiger partial charge in [-0.3, -0.25) is 4.57 Å². The average molecular weight is 461 g/mol. The lowest BCUT2D eigenvalue weighted by atomic mass is 10.2. The SMILES string of the molecule is CN(C)S(=O)(=O)CCCSc1nnc(-c2ccccc2)n1Cc1ccc2c(c1)OCO2. The summed E-state index contributed by atoms with van der Waals surface area (Å²) in [5.74, 6) is 2.97. The van der Waals surface area contributed by atoms with Crippen LogP contribution in [0.25, 0.3) is 11.4 Å². The first-order valence-corrected chi connectivity index (χ1v) is 12.4. The van der Waals surface area contributed by atoms with E-state index in [9.17, 15) is 8.42 Å². The highest BCUT2D eigenvalue weighted by atomic mass is 32.2. The fraction of sp³-hybridized carbons (Fsp3) is 0.333. The van der Waals surface area contributed by atoms with E-state index in [-0.39, 0.29) is 12.5 Å². The van der Waals surface area contributed by atoms with Crippen LogP contribution in [0, 0.1) is 0 Å². The largest absolute Gasteiger partial charge is 0.454 e. The second kappa shape index (κ2) is 9.29. The third-order valence-electron chi connectivity index (χ3n) is 4.86. The quantitative estimate of drug-likeness (QED) is 0.358. The molecule has 164 valence electrons. The summed E-state index contributed by atoms with van der Waals surface area (Å²) in [6, 6.07) is 15.8. The molecule has 0 N–H and O–H groups in total. The third kappa shape index (κ3) is 5.03. The van der Waals surface area contributed by atoms with E-state index in [1.54, 1.807) is 14.1 Å². The third-order valence-corrected chi connectivity index (χ3v) is 7.83. The molecule has 0 radical (unpaired) electrons. The van der Waals surface area contributed by atoms with Gasteiger partial charge >= 0.3 is 0 Å². The standard InChI is InChI=1S/C21H24N4O4S2/c1-24(2)31(26,27)12-6-11-30-21-23-22-20(17-7-4-3-5-8-17)25(21)14-16-9-10-18-19(13-16)29-15-28-18/h3-5,7-10,13H,6,11-12,14-15H2,1-2H3. The van der Waals surface area contributed by atoms with Crippen molar-refractivity contribution in [1.29, 1.82) is 0 Å². The summed E-state index contributed by atoms with van der Waals surface area (Å²) in [4.78, 5) is 0. The molecule has 31 heavy (non-hydrogen) atoms. The van der Waals surface area contributed by atoms with Crippen molar-refractivity contribution in [2.24, 2.45) is 0 Å². The maximum Gasteiger partial charge on any atom is 0.231 e. The molecule has 10 heteroatoms. The number of hydrogen-bond donors (Lipinski definition) is 0. The van der Waals surface area contributed by atoms with Crippen LogP contribution in [0.3, 0.4) is 0 Å². The Morgan fingerprint density at radius 2 is 1.84 bits per heavy atom. The van der Waals surface area contributed by atoms with Crippen LogP contribution in [-0.2, 0) is 16.6 Å². The van der Waals surface area contributed by atoms with E-state index in [1.165, 1.54) is 16.1 Å². The minimum atomic E-state index is -3.20. The second-order valence-electron chi connectivity index (χ2n) is 7.25. The number of sulfonamides is 1. The Morgan fingerprint density at radius 3 is 2.61 bits per heavy atom. The lowest BCUT2D eigenvalue weighted by molar-refractivity contribution is 0.174. The van der Waals surface area contributed by atoms with Crippen molar-refractivity contribution in [2.75, 3.05) is 32.4 Å². The van der Waals surface area contributed by atoms with Crippen LogP contribution >= 0.6 is 11.8 Å². The number of thioether (sulfide) groups is 1. The highest BCUT2D eigenvalue weighted by molar-refractivity contribution is 7.99. The molecule has 0 saturated heterocycles. The molecule has 0 aliphatic carbocycles. The molecular weight excluding hydrogens is 436 g/mol. The molecule has 0 atom stereocenters. The molecule has 8 nitrogen and oxygen atoms in total. The molecule has 0 amide bonds. The van der Waals surface area contributed by atoms with E-state index in [4.69, 9.17) is 9.47 Å². The Bertz CT molecular complexity index is 1150. The van der Waals surface area contributed by atoms with Crippen LogP contribution < -0.4 is 9.47 Å². The molecule has 1 aliphatic rings. The fourth-order valence-corrected chi connectivity index (χ4v) is 5.08. The van der Waals surface area contributed by atoms with Gasteiger partial charge in [0, 0.05) is 25.4 Å². The van der Waals surface area contributed by atoms with Crippen molar-refractivity contribution in [3.05, 3.63) is 54.1 Å². The van der Waals surface area contributed by atoms with Crippen LogP contribution in [0.2, 0.25) is 0 Å². The van der Waals surface area contributed by atoms with Gasteiger partial charge in [0.05, 0.1) is 12.3 Å². The highest BCUT2D eigenvalue weighted by Crippen LogP contribution is 2.33. The first-order chi connectivity index (χ1) is 14.9. The summed E-state index contributed by atoms with van der Waals surface area (Å²) in [6.07, 6.45) is 0.530. The Hall–Kier alpha value is -2.56. The summed E-state index contributed by atoms with van der Waals surface area (Å²) in [5.41, 5.74) is 2.01. The Kier molecular flexibility index (Phi) is 6.49. The van der Waals surface area contributed by atoms with Gasteiger partial charge in [-0.25, -0.2) is 12.7 Å². The fourth-order valence-electron chi connectivity index (χ4n) is 3.15. The van der Waals surface area contributed by atoms with Gasteiger partial charge in [0.2, 0.25) is 16.8 Å². The van der Waals surface area contributed by atoms with Gasteiger partial charge in [-0.15, -0.1) is 10.2 Å². The summed E-state index contributed by atoms with van der Waals surface area (Å²) < 4.78 is 38.2. The van der Waals surface area contributed by atoms with Crippen molar-refractivity contribution in [2.45, 2.75) is 18.1 Å². The number of nitrogens with zero attached hydrogens (tertiary/aromatic N) is 4. The van der Waals surface area contributed by atoms with Crippen molar-refractivity contribution in [1.82, 2.24) is 19.1 Å². The average Bonchev–Trinajstić information content (AvgIpc) is 3.38. The Balaban J connectivity index is 1.55. The van der Waals surface area contributed by atoms with E-state index in [0.29, 0.717) is 18.7 Å². The molecule has 0 fully saturated rings. The summed E-state index contributed by atoms with van der Waals surface area (Å²) >= 11 is 1.51. The van der Waals surface area contributed by atoms with Crippen molar-refractivity contribution >= 4 is 21.8 Å². The van der Waals surface area contributed by atoms with Gasteiger partial charge in [0.1, 0.15) is 0 Å². The van der Waals surface area contributed by atoms with Crippen LogP contribution in [0.5, 0.6) is 11.5 Å².